The Morgan fingerprint density at radius 3 is 2.41 bits per heavy atom. The average molecular weight is 251 g/mol. The van der Waals surface area contributed by atoms with Crippen molar-refractivity contribution in [3.63, 3.8) is 0 Å². The van der Waals surface area contributed by atoms with Crippen LogP contribution in [0.1, 0.15) is 6.92 Å². The number of amides is 1. The van der Waals surface area contributed by atoms with Gasteiger partial charge in [0.15, 0.2) is 5.11 Å². The van der Waals surface area contributed by atoms with Gasteiger partial charge in [0.2, 0.25) is 5.91 Å². The van der Waals surface area contributed by atoms with Crippen LogP contribution in [-0.2, 0) is 4.79 Å². The van der Waals surface area contributed by atoms with Crippen LogP contribution in [0.3, 0.4) is 0 Å². The Morgan fingerprint density at radius 2 is 1.88 bits per heavy atom. The van der Waals surface area contributed by atoms with E-state index in [1.807, 2.05) is 30.3 Å². The van der Waals surface area contributed by atoms with E-state index in [9.17, 15) is 4.79 Å². The molecule has 5 heteroatoms. The smallest absolute Gasteiger partial charge is 0.244 e. The van der Waals surface area contributed by atoms with Gasteiger partial charge in [0.25, 0.3) is 0 Å². The van der Waals surface area contributed by atoms with Crippen molar-refractivity contribution in [1.29, 1.82) is 0 Å². The summed E-state index contributed by atoms with van der Waals surface area (Å²) in [6.45, 7) is 1.78. The molecule has 0 fully saturated rings. The van der Waals surface area contributed by atoms with Gasteiger partial charge in [-0.25, -0.2) is 0 Å². The fourth-order valence-corrected chi connectivity index (χ4v) is 1.63. The average Bonchev–Trinajstić information content (AvgIpc) is 2.28. The summed E-state index contributed by atoms with van der Waals surface area (Å²) >= 11 is 5.13. The van der Waals surface area contributed by atoms with Crippen molar-refractivity contribution in [1.82, 2.24) is 10.2 Å². The Kier molecular flexibility index (Phi) is 4.90. The molecule has 0 spiro atoms. The fraction of sp³-hybridized carbons (Fsp3) is 0.333. The molecule has 17 heavy (non-hydrogen) atoms. The minimum atomic E-state index is -0.339. The first-order chi connectivity index (χ1) is 8.00. The molecule has 0 aromatic heterocycles. The molecule has 1 aromatic rings. The maximum Gasteiger partial charge on any atom is 0.244 e. The molecule has 1 unspecified atom stereocenters. The second-order valence-electron chi connectivity index (χ2n) is 3.92. The fourth-order valence-electron chi connectivity index (χ4n) is 1.33. The van der Waals surface area contributed by atoms with E-state index in [1.54, 1.807) is 21.0 Å². The Morgan fingerprint density at radius 1 is 1.29 bits per heavy atom. The lowest BCUT2D eigenvalue weighted by molar-refractivity contribution is -0.130. The van der Waals surface area contributed by atoms with Gasteiger partial charge < -0.3 is 15.5 Å². The normalized spacial score (nSPS) is 11.5. The van der Waals surface area contributed by atoms with Crippen LogP contribution in [0.4, 0.5) is 5.69 Å². The van der Waals surface area contributed by atoms with Crippen LogP contribution < -0.4 is 10.6 Å². The predicted octanol–water partition coefficient (Wildman–Crippen LogP) is 1.45. The topological polar surface area (TPSA) is 44.4 Å². The molecule has 0 aliphatic carbocycles. The van der Waals surface area contributed by atoms with Gasteiger partial charge in [-0.15, -0.1) is 0 Å². The van der Waals surface area contributed by atoms with Crippen molar-refractivity contribution in [3.8, 4) is 0 Å². The van der Waals surface area contributed by atoms with E-state index in [2.05, 4.69) is 10.6 Å². The lowest BCUT2D eigenvalue weighted by Crippen LogP contribution is -2.45. The molecule has 0 saturated carbocycles. The molecule has 1 amide bonds. The van der Waals surface area contributed by atoms with E-state index >= 15 is 0 Å². The molecule has 2 N–H and O–H groups in total. The first-order valence-corrected chi connectivity index (χ1v) is 5.75. The lowest BCUT2D eigenvalue weighted by atomic mass is 10.3. The number of benzene rings is 1. The number of hydrogen-bond acceptors (Lipinski definition) is 2. The molecule has 0 saturated heterocycles. The monoisotopic (exact) mass is 251 g/mol. The van der Waals surface area contributed by atoms with E-state index in [1.165, 1.54) is 4.90 Å². The SMILES string of the molecule is CC(NC(=S)Nc1ccccc1)C(=O)N(C)C. The van der Waals surface area contributed by atoms with Crippen molar-refractivity contribution in [2.24, 2.45) is 0 Å². The Balaban J connectivity index is 2.48. The van der Waals surface area contributed by atoms with Crippen LogP contribution in [0, 0.1) is 0 Å². The Hall–Kier alpha value is -1.62. The van der Waals surface area contributed by atoms with E-state index in [0.29, 0.717) is 5.11 Å². The molecule has 0 bridgehead atoms. The molecule has 4 nitrogen and oxygen atoms in total. The Labute approximate surface area is 107 Å². The maximum atomic E-state index is 11.6. The second-order valence-corrected chi connectivity index (χ2v) is 4.33. The maximum absolute atomic E-state index is 11.6. The number of rotatable bonds is 3. The van der Waals surface area contributed by atoms with E-state index < -0.39 is 0 Å². The summed E-state index contributed by atoms with van der Waals surface area (Å²) in [5.41, 5.74) is 0.898. The molecular weight excluding hydrogens is 234 g/mol. The second kappa shape index (κ2) is 6.20. The number of thiocarbonyl (C=S) groups is 1. The van der Waals surface area contributed by atoms with E-state index in [-0.39, 0.29) is 11.9 Å². The van der Waals surface area contributed by atoms with E-state index in [0.717, 1.165) is 5.69 Å². The van der Waals surface area contributed by atoms with Gasteiger partial charge >= 0.3 is 0 Å². The lowest BCUT2D eigenvalue weighted by Gasteiger charge is -2.19. The van der Waals surface area contributed by atoms with Gasteiger partial charge in [0, 0.05) is 19.8 Å². The van der Waals surface area contributed by atoms with Gasteiger partial charge in [-0.1, -0.05) is 18.2 Å². The van der Waals surface area contributed by atoms with Crippen molar-refractivity contribution in [2.45, 2.75) is 13.0 Å². The molecule has 0 aliphatic heterocycles. The minimum Gasteiger partial charge on any atom is -0.351 e. The van der Waals surface area contributed by atoms with Gasteiger partial charge in [-0.05, 0) is 31.3 Å². The van der Waals surface area contributed by atoms with Crippen LogP contribution in [0.25, 0.3) is 0 Å². The summed E-state index contributed by atoms with van der Waals surface area (Å²) in [5.74, 6) is -0.0118. The van der Waals surface area contributed by atoms with Crippen LogP contribution >= 0.6 is 12.2 Å². The summed E-state index contributed by atoms with van der Waals surface area (Å²) < 4.78 is 0. The number of nitrogens with zero attached hydrogens (tertiary/aromatic N) is 1. The summed E-state index contributed by atoms with van der Waals surface area (Å²) in [5, 5.41) is 6.40. The molecule has 92 valence electrons. The molecule has 0 aliphatic rings. The first kappa shape index (κ1) is 13.4. The summed E-state index contributed by atoms with van der Waals surface area (Å²) in [6, 6.07) is 9.24. The minimum absolute atomic E-state index is 0.0118. The van der Waals surface area contributed by atoms with Gasteiger partial charge in [-0.2, -0.15) is 0 Å². The number of carbonyl (C=O) groups excluding carboxylic acids is 1. The zero-order valence-electron chi connectivity index (χ0n) is 10.2. The number of para-hydroxylation sites is 1. The van der Waals surface area contributed by atoms with E-state index in [4.69, 9.17) is 12.2 Å². The zero-order chi connectivity index (χ0) is 12.8. The van der Waals surface area contributed by atoms with Gasteiger partial charge in [-0.3, -0.25) is 4.79 Å². The number of likely N-dealkylation sites (N-methyl/N-ethyl adjacent to an activating group) is 1. The summed E-state index contributed by atoms with van der Waals surface area (Å²) in [4.78, 5) is 13.1. The highest BCUT2D eigenvalue weighted by atomic mass is 32.1. The van der Waals surface area contributed by atoms with Crippen molar-refractivity contribution < 1.29 is 4.79 Å². The third-order valence-electron chi connectivity index (χ3n) is 2.19. The van der Waals surface area contributed by atoms with Crippen LogP contribution in [-0.4, -0.2) is 36.1 Å². The number of anilines is 1. The van der Waals surface area contributed by atoms with Crippen molar-refractivity contribution >= 4 is 28.9 Å². The Bertz CT molecular complexity index is 392. The summed E-state index contributed by atoms with van der Waals surface area (Å²) in [7, 11) is 3.43. The van der Waals surface area contributed by atoms with Crippen molar-refractivity contribution in [3.05, 3.63) is 30.3 Å². The number of hydrogen-bond donors (Lipinski definition) is 2. The number of carbonyl (C=O) groups is 1. The number of nitrogens with one attached hydrogen (secondary N) is 2. The highest BCUT2D eigenvalue weighted by Gasteiger charge is 2.15. The van der Waals surface area contributed by atoms with Gasteiger partial charge in [0.1, 0.15) is 6.04 Å². The zero-order valence-corrected chi connectivity index (χ0v) is 11.0. The predicted molar refractivity (Wildman–Crippen MR) is 74.0 cm³/mol. The van der Waals surface area contributed by atoms with Gasteiger partial charge in [0.05, 0.1) is 0 Å². The molecule has 1 rings (SSSR count). The highest BCUT2D eigenvalue weighted by molar-refractivity contribution is 7.80. The molecule has 0 heterocycles. The standard InChI is InChI=1S/C12H17N3OS/c1-9(11(16)15(2)3)13-12(17)14-10-7-5-4-6-8-10/h4-9H,1-3H3,(H2,13,14,17). The molecule has 1 aromatic carbocycles. The van der Waals surface area contributed by atoms with Crippen LogP contribution in [0.5, 0.6) is 0 Å². The third kappa shape index (κ3) is 4.40. The quantitative estimate of drug-likeness (QED) is 0.798. The molecular formula is C12H17N3OS. The third-order valence-corrected chi connectivity index (χ3v) is 2.41. The molecule has 1 atom stereocenters. The van der Waals surface area contributed by atoms with Crippen molar-refractivity contribution in [2.75, 3.05) is 19.4 Å². The largest absolute Gasteiger partial charge is 0.351 e. The van der Waals surface area contributed by atoms with Crippen LogP contribution in [0.2, 0.25) is 0 Å². The summed E-state index contributed by atoms with van der Waals surface area (Å²) in [6.07, 6.45) is 0. The highest BCUT2D eigenvalue weighted by Crippen LogP contribution is 2.04. The molecule has 0 radical (unpaired) electrons. The first-order valence-electron chi connectivity index (χ1n) is 5.34. The van der Waals surface area contributed by atoms with Crippen LogP contribution in [0.15, 0.2) is 30.3 Å².